The predicted molar refractivity (Wildman–Crippen MR) is 74.7 cm³/mol. The number of para-hydroxylation sites is 1. The van der Waals surface area contributed by atoms with Gasteiger partial charge in [-0.1, -0.05) is 18.2 Å². The van der Waals surface area contributed by atoms with Gasteiger partial charge in [0.2, 0.25) is 5.91 Å². The zero-order valence-electron chi connectivity index (χ0n) is 11.2. The molecule has 0 aliphatic heterocycles. The van der Waals surface area contributed by atoms with Crippen molar-refractivity contribution in [3.8, 4) is 0 Å². The standard InChI is InChI=1S/C14H18N4O/c1-9-12(10(2)18-17-9)8-16-13-6-4-3-5-11(13)7-14(15)19/h3-6,16H,7-8H2,1-2H3,(H2,15,19)(H,17,18). The number of aryl methyl sites for hydroxylation is 2. The Morgan fingerprint density at radius 1 is 1.37 bits per heavy atom. The molecule has 2 aromatic rings. The van der Waals surface area contributed by atoms with E-state index in [0.717, 1.165) is 28.2 Å². The minimum atomic E-state index is -0.329. The number of nitrogens with zero attached hydrogens (tertiary/aromatic N) is 1. The van der Waals surface area contributed by atoms with Gasteiger partial charge in [0, 0.05) is 23.5 Å². The van der Waals surface area contributed by atoms with Crippen molar-refractivity contribution < 1.29 is 4.79 Å². The van der Waals surface area contributed by atoms with Crippen LogP contribution in [0.5, 0.6) is 0 Å². The molecule has 2 rings (SSSR count). The molecule has 0 radical (unpaired) electrons. The van der Waals surface area contributed by atoms with Gasteiger partial charge < -0.3 is 11.1 Å². The summed E-state index contributed by atoms with van der Waals surface area (Å²) in [5, 5.41) is 10.5. The highest BCUT2D eigenvalue weighted by Gasteiger charge is 2.08. The molecule has 0 fully saturated rings. The van der Waals surface area contributed by atoms with E-state index in [4.69, 9.17) is 5.73 Å². The van der Waals surface area contributed by atoms with Crippen LogP contribution in [0.2, 0.25) is 0 Å². The van der Waals surface area contributed by atoms with Gasteiger partial charge >= 0.3 is 0 Å². The third-order valence-electron chi connectivity index (χ3n) is 3.12. The third kappa shape index (κ3) is 3.13. The van der Waals surface area contributed by atoms with E-state index < -0.39 is 0 Å². The number of primary amides is 1. The van der Waals surface area contributed by atoms with Crippen LogP contribution in [0.4, 0.5) is 5.69 Å². The fourth-order valence-electron chi connectivity index (χ4n) is 2.05. The topological polar surface area (TPSA) is 83.8 Å². The number of H-pyrrole nitrogens is 1. The average molecular weight is 258 g/mol. The summed E-state index contributed by atoms with van der Waals surface area (Å²) in [6, 6.07) is 7.69. The number of aromatic nitrogens is 2. The summed E-state index contributed by atoms with van der Waals surface area (Å²) in [6.07, 6.45) is 0.243. The molecule has 5 nitrogen and oxygen atoms in total. The molecule has 0 aliphatic carbocycles. The highest BCUT2D eigenvalue weighted by Crippen LogP contribution is 2.18. The van der Waals surface area contributed by atoms with Crippen LogP contribution in [-0.2, 0) is 17.8 Å². The Morgan fingerprint density at radius 3 is 2.74 bits per heavy atom. The zero-order chi connectivity index (χ0) is 13.8. The first-order valence-electron chi connectivity index (χ1n) is 6.18. The highest BCUT2D eigenvalue weighted by molar-refractivity contribution is 5.78. The van der Waals surface area contributed by atoms with Gasteiger partial charge in [-0.2, -0.15) is 5.10 Å². The van der Waals surface area contributed by atoms with E-state index in [2.05, 4.69) is 15.5 Å². The first-order valence-corrected chi connectivity index (χ1v) is 6.18. The van der Waals surface area contributed by atoms with Crippen LogP contribution in [0, 0.1) is 13.8 Å². The summed E-state index contributed by atoms with van der Waals surface area (Å²) in [5.41, 5.74) is 10.3. The van der Waals surface area contributed by atoms with Crippen molar-refractivity contribution in [3.05, 3.63) is 46.8 Å². The molecule has 1 aromatic carbocycles. The lowest BCUT2D eigenvalue weighted by Gasteiger charge is -2.11. The van der Waals surface area contributed by atoms with Gasteiger partial charge in [-0.15, -0.1) is 0 Å². The van der Waals surface area contributed by atoms with E-state index in [9.17, 15) is 4.79 Å². The first-order chi connectivity index (χ1) is 9.08. The van der Waals surface area contributed by atoms with Crippen LogP contribution in [-0.4, -0.2) is 16.1 Å². The molecule has 0 aliphatic rings. The van der Waals surface area contributed by atoms with E-state index in [-0.39, 0.29) is 12.3 Å². The van der Waals surface area contributed by atoms with Gasteiger partial charge in [-0.05, 0) is 25.5 Å². The smallest absolute Gasteiger partial charge is 0.221 e. The van der Waals surface area contributed by atoms with Crippen LogP contribution in [0.3, 0.4) is 0 Å². The maximum atomic E-state index is 11.0. The number of hydrogen-bond acceptors (Lipinski definition) is 3. The van der Waals surface area contributed by atoms with Crippen LogP contribution < -0.4 is 11.1 Å². The second kappa shape index (κ2) is 5.56. The first kappa shape index (κ1) is 13.1. The second-order valence-corrected chi connectivity index (χ2v) is 4.57. The van der Waals surface area contributed by atoms with Crippen molar-refractivity contribution in [2.24, 2.45) is 5.73 Å². The zero-order valence-corrected chi connectivity index (χ0v) is 11.2. The molecule has 0 saturated carbocycles. The maximum absolute atomic E-state index is 11.0. The van der Waals surface area contributed by atoms with Gasteiger partial charge in [-0.3, -0.25) is 9.89 Å². The Bertz CT molecular complexity index is 569. The lowest BCUT2D eigenvalue weighted by molar-refractivity contribution is -0.117. The highest BCUT2D eigenvalue weighted by atomic mass is 16.1. The Morgan fingerprint density at radius 2 is 2.11 bits per heavy atom. The number of anilines is 1. The lowest BCUT2D eigenvalue weighted by Crippen LogP contribution is -2.15. The molecule has 100 valence electrons. The lowest BCUT2D eigenvalue weighted by atomic mass is 10.1. The number of hydrogen-bond donors (Lipinski definition) is 3. The number of amides is 1. The van der Waals surface area contributed by atoms with Gasteiger partial charge in [0.25, 0.3) is 0 Å². The molecule has 0 unspecified atom stereocenters. The predicted octanol–water partition coefficient (Wildman–Crippen LogP) is 1.67. The fraction of sp³-hybridized carbons (Fsp3) is 0.286. The van der Waals surface area contributed by atoms with Crippen LogP contribution in [0.1, 0.15) is 22.5 Å². The molecule has 0 bridgehead atoms. The van der Waals surface area contributed by atoms with E-state index in [1.807, 2.05) is 38.1 Å². The molecule has 1 amide bonds. The minimum absolute atomic E-state index is 0.243. The molecule has 0 saturated heterocycles. The maximum Gasteiger partial charge on any atom is 0.221 e. The fourth-order valence-corrected chi connectivity index (χ4v) is 2.05. The molecule has 4 N–H and O–H groups in total. The number of benzene rings is 1. The number of nitrogens with one attached hydrogen (secondary N) is 2. The summed E-state index contributed by atoms with van der Waals surface area (Å²) < 4.78 is 0. The normalized spacial score (nSPS) is 10.4. The van der Waals surface area contributed by atoms with Gasteiger partial charge in [-0.25, -0.2) is 0 Å². The third-order valence-corrected chi connectivity index (χ3v) is 3.12. The number of carbonyl (C=O) groups is 1. The molecular formula is C14H18N4O. The van der Waals surface area contributed by atoms with Crippen LogP contribution >= 0.6 is 0 Å². The Kier molecular flexibility index (Phi) is 3.85. The summed E-state index contributed by atoms with van der Waals surface area (Å²) in [6.45, 7) is 4.63. The van der Waals surface area contributed by atoms with Crippen molar-refractivity contribution >= 4 is 11.6 Å². The number of nitrogens with two attached hydrogens (primary N) is 1. The second-order valence-electron chi connectivity index (χ2n) is 4.57. The quantitative estimate of drug-likeness (QED) is 0.762. The summed E-state index contributed by atoms with van der Waals surface area (Å²) in [7, 11) is 0. The molecule has 0 atom stereocenters. The average Bonchev–Trinajstić information content (AvgIpc) is 2.68. The molecule has 0 spiro atoms. The summed E-state index contributed by atoms with van der Waals surface area (Å²) in [4.78, 5) is 11.0. The van der Waals surface area contributed by atoms with Gasteiger partial charge in [0.05, 0.1) is 12.1 Å². The SMILES string of the molecule is Cc1n[nH]c(C)c1CNc1ccccc1CC(N)=O. The van der Waals surface area contributed by atoms with Crippen molar-refractivity contribution in [2.75, 3.05) is 5.32 Å². The Balaban J connectivity index is 2.13. The number of carbonyl (C=O) groups excluding carboxylic acids is 1. The van der Waals surface area contributed by atoms with Crippen LogP contribution in [0.25, 0.3) is 0 Å². The Hall–Kier alpha value is -2.30. The molecule has 1 aromatic heterocycles. The van der Waals surface area contributed by atoms with E-state index in [0.29, 0.717) is 6.54 Å². The van der Waals surface area contributed by atoms with Gasteiger partial charge in [0.15, 0.2) is 0 Å². The summed E-state index contributed by atoms with van der Waals surface area (Å²) >= 11 is 0. The largest absolute Gasteiger partial charge is 0.381 e. The molecule has 5 heteroatoms. The van der Waals surface area contributed by atoms with Crippen molar-refractivity contribution in [1.82, 2.24) is 10.2 Å². The van der Waals surface area contributed by atoms with E-state index >= 15 is 0 Å². The molecular weight excluding hydrogens is 240 g/mol. The van der Waals surface area contributed by atoms with Gasteiger partial charge in [0.1, 0.15) is 0 Å². The van der Waals surface area contributed by atoms with E-state index in [1.54, 1.807) is 0 Å². The number of rotatable bonds is 5. The van der Waals surface area contributed by atoms with E-state index in [1.165, 1.54) is 0 Å². The Labute approximate surface area is 112 Å². The summed E-state index contributed by atoms with van der Waals surface area (Å²) in [5.74, 6) is -0.329. The molecule has 1 heterocycles. The minimum Gasteiger partial charge on any atom is -0.381 e. The molecule has 19 heavy (non-hydrogen) atoms. The van der Waals surface area contributed by atoms with Crippen molar-refractivity contribution in [2.45, 2.75) is 26.8 Å². The van der Waals surface area contributed by atoms with Crippen molar-refractivity contribution in [1.29, 1.82) is 0 Å². The monoisotopic (exact) mass is 258 g/mol. The number of aromatic amines is 1. The van der Waals surface area contributed by atoms with Crippen molar-refractivity contribution in [3.63, 3.8) is 0 Å². The van der Waals surface area contributed by atoms with Crippen LogP contribution in [0.15, 0.2) is 24.3 Å².